The van der Waals surface area contributed by atoms with Crippen molar-refractivity contribution in [2.45, 2.75) is 17.7 Å². The molecule has 0 aliphatic carbocycles. The lowest BCUT2D eigenvalue weighted by Crippen LogP contribution is -2.38. The van der Waals surface area contributed by atoms with Crippen LogP contribution in [0.3, 0.4) is 0 Å². The minimum absolute atomic E-state index is 0.0209. The molecule has 0 aromatic heterocycles. The fourth-order valence-electron chi connectivity index (χ4n) is 3.25. The third-order valence-electron chi connectivity index (χ3n) is 4.96. The monoisotopic (exact) mass is 425 g/mol. The summed E-state index contributed by atoms with van der Waals surface area (Å²) < 4.78 is 57.3. The molecule has 156 valence electrons. The Kier molecular flexibility index (Phi) is 6.07. The van der Waals surface area contributed by atoms with Gasteiger partial charge < -0.3 is 14.7 Å². The van der Waals surface area contributed by atoms with Crippen molar-refractivity contribution in [1.82, 2.24) is 4.90 Å². The summed E-state index contributed by atoms with van der Waals surface area (Å²) in [4.78, 5) is 12.3. The first-order valence-electron chi connectivity index (χ1n) is 9.05. The van der Waals surface area contributed by atoms with Gasteiger partial charge in [0.2, 0.25) is 0 Å². The summed E-state index contributed by atoms with van der Waals surface area (Å²) in [6.07, 6.45) is 1.25. The number of carbonyl (C=O) groups is 1. The van der Waals surface area contributed by atoms with E-state index in [1.54, 1.807) is 0 Å². The Morgan fingerprint density at radius 3 is 2.14 bits per heavy atom. The van der Waals surface area contributed by atoms with Crippen LogP contribution in [0.4, 0.5) is 13.6 Å². The molecule has 1 saturated heterocycles. The highest BCUT2D eigenvalue weighted by Crippen LogP contribution is 2.30. The van der Waals surface area contributed by atoms with Crippen molar-refractivity contribution in [2.24, 2.45) is 5.92 Å². The van der Waals surface area contributed by atoms with Crippen molar-refractivity contribution in [1.29, 1.82) is 0 Å². The van der Waals surface area contributed by atoms with Gasteiger partial charge in [0.25, 0.3) is 0 Å². The van der Waals surface area contributed by atoms with Crippen LogP contribution >= 0.6 is 0 Å². The topological polar surface area (TPSA) is 83.9 Å². The van der Waals surface area contributed by atoms with E-state index in [4.69, 9.17) is 9.84 Å². The molecular weight excluding hydrogens is 404 g/mol. The maximum atomic E-state index is 14.4. The molecule has 2 aromatic carbocycles. The Morgan fingerprint density at radius 2 is 1.66 bits per heavy atom. The Balaban J connectivity index is 1.69. The summed E-state index contributed by atoms with van der Waals surface area (Å²) in [6.45, 7) is 0.844. The molecule has 29 heavy (non-hydrogen) atoms. The zero-order chi connectivity index (χ0) is 21.2. The summed E-state index contributed by atoms with van der Waals surface area (Å²) in [5.41, 5.74) is 0.741. The third-order valence-corrected chi connectivity index (χ3v) is 6.09. The molecule has 1 N–H and O–H groups in total. The number of amides is 1. The van der Waals surface area contributed by atoms with Crippen LogP contribution in [0, 0.1) is 17.6 Å². The van der Waals surface area contributed by atoms with Gasteiger partial charge >= 0.3 is 6.09 Å². The van der Waals surface area contributed by atoms with Gasteiger partial charge in [-0.1, -0.05) is 12.1 Å². The summed E-state index contributed by atoms with van der Waals surface area (Å²) in [7, 11) is -3.35. The van der Waals surface area contributed by atoms with Crippen molar-refractivity contribution < 1.29 is 31.8 Å². The van der Waals surface area contributed by atoms with E-state index in [1.807, 2.05) is 0 Å². The molecule has 0 spiro atoms. The number of benzene rings is 2. The van der Waals surface area contributed by atoms with Gasteiger partial charge in [-0.2, -0.15) is 0 Å². The Labute approximate surface area is 167 Å². The molecule has 1 heterocycles. The summed E-state index contributed by atoms with van der Waals surface area (Å²) in [6, 6.07) is 8.02. The average molecular weight is 425 g/mol. The molecule has 0 atom stereocenters. The van der Waals surface area contributed by atoms with Gasteiger partial charge in [-0.05, 0) is 54.2 Å². The molecule has 6 nitrogen and oxygen atoms in total. The smallest absolute Gasteiger partial charge is 0.407 e. The zero-order valence-corrected chi connectivity index (χ0v) is 16.6. The number of hydrogen-bond acceptors (Lipinski definition) is 4. The van der Waals surface area contributed by atoms with E-state index in [0.717, 1.165) is 18.4 Å². The lowest BCUT2D eigenvalue weighted by molar-refractivity contribution is 0.110. The number of carboxylic acid groups (broad SMARTS) is 1. The van der Waals surface area contributed by atoms with Gasteiger partial charge in [0, 0.05) is 19.3 Å². The number of ether oxygens (including phenoxy) is 1. The van der Waals surface area contributed by atoms with Crippen LogP contribution in [-0.4, -0.2) is 50.5 Å². The highest BCUT2D eigenvalue weighted by Gasteiger charge is 2.24. The fourth-order valence-corrected chi connectivity index (χ4v) is 3.88. The van der Waals surface area contributed by atoms with Crippen molar-refractivity contribution in [2.75, 3.05) is 26.0 Å². The number of sulfone groups is 1. The van der Waals surface area contributed by atoms with Crippen LogP contribution in [0.25, 0.3) is 11.1 Å². The molecule has 0 radical (unpaired) electrons. The molecular formula is C20H21F2NO5S. The van der Waals surface area contributed by atoms with Crippen LogP contribution in [0.15, 0.2) is 41.3 Å². The molecule has 1 fully saturated rings. The normalized spacial score (nSPS) is 15.3. The van der Waals surface area contributed by atoms with Crippen LogP contribution < -0.4 is 4.74 Å². The van der Waals surface area contributed by atoms with Gasteiger partial charge in [-0.3, -0.25) is 0 Å². The molecule has 0 saturated carbocycles. The van der Waals surface area contributed by atoms with Crippen molar-refractivity contribution in [3.63, 3.8) is 0 Å². The number of halogens is 2. The van der Waals surface area contributed by atoms with E-state index < -0.39 is 33.3 Å². The van der Waals surface area contributed by atoms with Crippen molar-refractivity contribution >= 4 is 15.9 Å². The first kappa shape index (κ1) is 21.0. The van der Waals surface area contributed by atoms with E-state index in [1.165, 1.54) is 29.2 Å². The highest BCUT2D eigenvalue weighted by molar-refractivity contribution is 7.90. The molecule has 1 aliphatic heterocycles. The maximum Gasteiger partial charge on any atom is 0.407 e. The summed E-state index contributed by atoms with van der Waals surface area (Å²) in [5, 5.41) is 8.95. The van der Waals surface area contributed by atoms with E-state index in [9.17, 15) is 22.0 Å². The minimum Gasteiger partial charge on any atom is -0.487 e. The number of piperidine rings is 1. The molecule has 9 heteroatoms. The lowest BCUT2D eigenvalue weighted by Gasteiger charge is -2.29. The molecule has 1 amide bonds. The summed E-state index contributed by atoms with van der Waals surface area (Å²) >= 11 is 0. The molecule has 2 aromatic rings. The predicted octanol–water partition coefficient (Wildman–Crippen LogP) is 3.80. The second-order valence-electron chi connectivity index (χ2n) is 7.09. The number of hydrogen-bond donors (Lipinski definition) is 1. The lowest BCUT2D eigenvalue weighted by atomic mass is 9.98. The van der Waals surface area contributed by atoms with E-state index in [0.29, 0.717) is 31.5 Å². The molecule has 0 bridgehead atoms. The predicted molar refractivity (Wildman–Crippen MR) is 103 cm³/mol. The van der Waals surface area contributed by atoms with Gasteiger partial charge in [0.15, 0.2) is 27.2 Å². The highest BCUT2D eigenvalue weighted by atomic mass is 32.2. The van der Waals surface area contributed by atoms with Crippen molar-refractivity contribution in [3.8, 4) is 16.9 Å². The van der Waals surface area contributed by atoms with Crippen LogP contribution in [0.2, 0.25) is 0 Å². The van der Waals surface area contributed by atoms with Gasteiger partial charge in [-0.25, -0.2) is 22.0 Å². The first-order valence-corrected chi connectivity index (χ1v) is 10.9. The molecule has 3 rings (SSSR count). The largest absolute Gasteiger partial charge is 0.487 e. The van der Waals surface area contributed by atoms with Crippen LogP contribution in [0.5, 0.6) is 5.75 Å². The van der Waals surface area contributed by atoms with E-state index in [2.05, 4.69) is 0 Å². The first-order chi connectivity index (χ1) is 13.6. The second kappa shape index (κ2) is 8.36. The van der Waals surface area contributed by atoms with E-state index in [-0.39, 0.29) is 23.0 Å². The number of nitrogens with zero attached hydrogens (tertiary/aromatic N) is 1. The third kappa shape index (κ3) is 5.03. The van der Waals surface area contributed by atoms with Gasteiger partial charge in [0.05, 0.1) is 11.5 Å². The van der Waals surface area contributed by atoms with E-state index >= 15 is 0 Å². The quantitative estimate of drug-likeness (QED) is 0.788. The summed E-state index contributed by atoms with van der Waals surface area (Å²) in [5.74, 6) is -2.15. The Bertz CT molecular complexity index is 977. The number of likely N-dealkylation sites (tertiary alicyclic amines) is 1. The van der Waals surface area contributed by atoms with Crippen molar-refractivity contribution in [3.05, 3.63) is 48.0 Å². The van der Waals surface area contributed by atoms with Crippen LogP contribution in [0.1, 0.15) is 12.8 Å². The SMILES string of the molecule is CS(=O)(=O)c1ccc(-c2cc(F)c(OCC3CCN(C(=O)O)CC3)c(F)c2)cc1. The molecule has 0 unspecified atom stereocenters. The number of rotatable bonds is 5. The molecule has 1 aliphatic rings. The maximum absolute atomic E-state index is 14.4. The standard InChI is InChI=1S/C20H21F2NO5S/c1-29(26,27)16-4-2-14(3-5-16)15-10-17(21)19(18(22)11-15)28-12-13-6-8-23(9-7-13)20(24)25/h2-5,10-11,13H,6-9,12H2,1H3,(H,24,25). The van der Waals surface area contributed by atoms with Crippen LogP contribution in [-0.2, 0) is 9.84 Å². The zero-order valence-electron chi connectivity index (χ0n) is 15.8. The second-order valence-corrected chi connectivity index (χ2v) is 9.11. The van der Waals surface area contributed by atoms with Gasteiger partial charge in [-0.15, -0.1) is 0 Å². The fraction of sp³-hybridized carbons (Fsp3) is 0.350. The van der Waals surface area contributed by atoms with Gasteiger partial charge in [0.1, 0.15) is 0 Å². The Hall–Kier alpha value is -2.68. The Morgan fingerprint density at radius 1 is 1.10 bits per heavy atom. The minimum atomic E-state index is -3.35. The average Bonchev–Trinajstić information content (AvgIpc) is 2.67.